The second-order valence-electron chi connectivity index (χ2n) is 9.11. The van der Waals surface area contributed by atoms with Crippen molar-refractivity contribution in [3.05, 3.63) is 29.3 Å². The molecule has 0 spiro atoms. The Balaban J connectivity index is 1.84. The van der Waals surface area contributed by atoms with E-state index in [1.807, 2.05) is 7.05 Å². The van der Waals surface area contributed by atoms with E-state index in [0.717, 1.165) is 6.42 Å². The summed E-state index contributed by atoms with van der Waals surface area (Å²) in [6.45, 7) is 4.64. The third-order valence-electron chi connectivity index (χ3n) is 6.85. The number of carboxylic acid groups (broad SMARTS) is 1. The van der Waals surface area contributed by atoms with E-state index in [1.165, 1.54) is 12.1 Å². The zero-order chi connectivity index (χ0) is 23.6. The van der Waals surface area contributed by atoms with Crippen molar-refractivity contribution in [1.29, 1.82) is 0 Å². The number of rotatable bonds is 7. The van der Waals surface area contributed by atoms with Gasteiger partial charge in [0.05, 0.1) is 10.6 Å². The molecule has 1 aromatic carbocycles. The van der Waals surface area contributed by atoms with Gasteiger partial charge in [0.1, 0.15) is 6.04 Å². The van der Waals surface area contributed by atoms with E-state index in [1.54, 1.807) is 17.0 Å². The lowest BCUT2D eigenvalue weighted by molar-refractivity contribution is -0.133. The molecule has 2 amide bonds. The fourth-order valence-corrected chi connectivity index (χ4v) is 6.73. The summed E-state index contributed by atoms with van der Waals surface area (Å²) in [5.41, 5.74) is 0. The monoisotopic (exact) mass is 485 g/mol. The van der Waals surface area contributed by atoms with Gasteiger partial charge < -0.3 is 20.2 Å². The number of sulfone groups is 1. The van der Waals surface area contributed by atoms with E-state index < -0.39 is 22.0 Å². The average Bonchev–Trinajstić information content (AvgIpc) is 3.07. The molecular weight excluding hydrogens is 454 g/mol. The first-order valence-corrected chi connectivity index (χ1v) is 13.0. The maximum atomic E-state index is 13.2. The molecule has 1 saturated heterocycles. The number of carbonyl (C=O) groups excluding carboxylic acids is 1. The van der Waals surface area contributed by atoms with Gasteiger partial charge in [-0.25, -0.2) is 13.2 Å². The molecule has 178 valence electrons. The quantitative estimate of drug-likeness (QED) is 0.615. The molecule has 1 saturated carbocycles. The second-order valence-corrected chi connectivity index (χ2v) is 11.6. The van der Waals surface area contributed by atoms with Gasteiger partial charge in [0, 0.05) is 29.7 Å². The van der Waals surface area contributed by atoms with Crippen molar-refractivity contribution in [2.24, 2.45) is 5.92 Å². The lowest BCUT2D eigenvalue weighted by atomic mass is 9.81. The Hall–Kier alpha value is -1.84. The summed E-state index contributed by atoms with van der Waals surface area (Å²) in [6.07, 6.45) is 1.38. The van der Waals surface area contributed by atoms with Crippen LogP contribution in [0.1, 0.15) is 39.5 Å². The minimum atomic E-state index is -3.58. The third kappa shape index (κ3) is 5.55. The van der Waals surface area contributed by atoms with Crippen LogP contribution in [0.25, 0.3) is 0 Å². The average molecular weight is 486 g/mol. The van der Waals surface area contributed by atoms with Crippen LogP contribution in [-0.4, -0.2) is 78.8 Å². The van der Waals surface area contributed by atoms with Gasteiger partial charge in [0.15, 0.2) is 9.84 Å². The molecule has 0 radical (unpaired) electrons. The van der Waals surface area contributed by atoms with E-state index >= 15 is 0 Å². The molecule has 4 atom stereocenters. The van der Waals surface area contributed by atoms with Gasteiger partial charge in [0.25, 0.3) is 0 Å². The predicted octanol–water partition coefficient (Wildman–Crippen LogP) is 2.86. The van der Waals surface area contributed by atoms with E-state index in [2.05, 4.69) is 24.1 Å². The smallest absolute Gasteiger partial charge is 0.405 e. The summed E-state index contributed by atoms with van der Waals surface area (Å²) in [5.74, 6) is -0.576. The molecule has 1 aliphatic carbocycles. The summed E-state index contributed by atoms with van der Waals surface area (Å²) >= 11 is 5.92. The van der Waals surface area contributed by atoms with Gasteiger partial charge in [-0.1, -0.05) is 11.6 Å². The Morgan fingerprint density at radius 3 is 2.50 bits per heavy atom. The van der Waals surface area contributed by atoms with E-state index in [-0.39, 0.29) is 34.6 Å². The number of likely N-dealkylation sites (tertiary alicyclic amines) is 1. The van der Waals surface area contributed by atoms with Gasteiger partial charge in [-0.2, -0.15) is 0 Å². The Morgan fingerprint density at radius 1 is 1.25 bits per heavy atom. The molecule has 0 bridgehead atoms. The number of hydrogen-bond acceptors (Lipinski definition) is 5. The fourth-order valence-electron chi connectivity index (χ4n) is 4.94. The largest absolute Gasteiger partial charge is 0.465 e. The number of nitrogens with zero attached hydrogens (tertiary/aromatic N) is 2. The zero-order valence-electron chi connectivity index (χ0n) is 18.7. The van der Waals surface area contributed by atoms with Crippen molar-refractivity contribution < 1.29 is 23.1 Å². The normalized spacial score (nSPS) is 26.7. The molecule has 1 heterocycles. The summed E-state index contributed by atoms with van der Waals surface area (Å²) in [5, 5.41) is 11.8. The fraction of sp³-hybridized carbons (Fsp3) is 0.636. The molecule has 32 heavy (non-hydrogen) atoms. The highest BCUT2D eigenvalue weighted by Crippen LogP contribution is 2.36. The van der Waals surface area contributed by atoms with Crippen LogP contribution in [0.4, 0.5) is 4.79 Å². The van der Waals surface area contributed by atoms with Crippen LogP contribution < -0.4 is 5.32 Å². The number of carbonyl (C=O) groups is 2. The van der Waals surface area contributed by atoms with Crippen molar-refractivity contribution in [3.63, 3.8) is 0 Å². The Morgan fingerprint density at radius 2 is 1.91 bits per heavy atom. The van der Waals surface area contributed by atoms with Gasteiger partial charge in [-0.3, -0.25) is 4.79 Å². The van der Waals surface area contributed by atoms with Crippen LogP contribution in [0.5, 0.6) is 0 Å². The SMILES string of the molecule is CC(C)N(C)[C@@H]1CC[C@H](N2CC[C@H](NC(=O)O)C2=O)[C@H](CS(=O)(=O)c2ccc(Cl)cc2)C1. The minimum absolute atomic E-state index is 0.0669. The third-order valence-corrected chi connectivity index (χ3v) is 8.96. The highest BCUT2D eigenvalue weighted by atomic mass is 35.5. The molecule has 2 aliphatic rings. The topological polar surface area (TPSA) is 107 Å². The molecule has 2 N–H and O–H groups in total. The Kier molecular flexibility index (Phi) is 7.73. The standard InChI is InChI=1S/C22H32ClN3O5S/c1-14(2)25(3)17-6-9-20(26-11-10-19(21(26)27)24-22(28)29)15(12-17)13-32(30,31)18-7-4-16(23)5-8-18/h4-5,7-8,14-15,17,19-20,24H,6,9-13H2,1-3H3,(H,28,29)/t15-,17+,19-,20-/m0/s1. The van der Waals surface area contributed by atoms with Crippen LogP contribution in [0, 0.1) is 5.92 Å². The second kappa shape index (κ2) is 9.97. The van der Waals surface area contributed by atoms with E-state index in [9.17, 15) is 18.0 Å². The highest BCUT2D eigenvalue weighted by molar-refractivity contribution is 7.91. The number of hydrogen-bond donors (Lipinski definition) is 2. The van der Waals surface area contributed by atoms with Crippen LogP contribution in [0.15, 0.2) is 29.2 Å². The summed E-state index contributed by atoms with van der Waals surface area (Å²) < 4.78 is 26.4. The molecule has 1 aliphatic heterocycles. The maximum Gasteiger partial charge on any atom is 0.405 e. The number of amides is 2. The number of halogens is 1. The molecular formula is C22H32ClN3O5S. The zero-order valence-corrected chi connectivity index (χ0v) is 20.3. The lowest BCUT2D eigenvalue weighted by Gasteiger charge is -2.44. The van der Waals surface area contributed by atoms with Crippen LogP contribution >= 0.6 is 11.6 Å². The summed E-state index contributed by atoms with van der Waals surface area (Å²) in [6, 6.07) is 5.70. The Labute approximate surface area is 194 Å². The van der Waals surface area contributed by atoms with E-state index in [4.69, 9.17) is 16.7 Å². The summed E-state index contributed by atoms with van der Waals surface area (Å²) in [4.78, 5) is 28.1. The number of benzene rings is 1. The van der Waals surface area contributed by atoms with Crippen molar-refractivity contribution in [1.82, 2.24) is 15.1 Å². The van der Waals surface area contributed by atoms with Gasteiger partial charge in [-0.05, 0) is 76.8 Å². The minimum Gasteiger partial charge on any atom is -0.465 e. The van der Waals surface area contributed by atoms with Gasteiger partial charge >= 0.3 is 6.09 Å². The molecule has 0 aromatic heterocycles. The van der Waals surface area contributed by atoms with Crippen LogP contribution in [0.3, 0.4) is 0 Å². The van der Waals surface area contributed by atoms with Crippen molar-refractivity contribution in [2.45, 2.75) is 68.6 Å². The van der Waals surface area contributed by atoms with E-state index in [0.29, 0.717) is 36.9 Å². The molecule has 8 nitrogen and oxygen atoms in total. The first kappa shape index (κ1) is 24.8. The van der Waals surface area contributed by atoms with Crippen molar-refractivity contribution >= 4 is 33.4 Å². The molecule has 10 heteroatoms. The first-order valence-electron chi connectivity index (χ1n) is 11.0. The summed E-state index contributed by atoms with van der Waals surface area (Å²) in [7, 11) is -1.53. The molecule has 0 unspecified atom stereocenters. The maximum absolute atomic E-state index is 13.2. The Bertz CT molecular complexity index is 937. The lowest BCUT2D eigenvalue weighted by Crippen LogP contribution is -2.53. The van der Waals surface area contributed by atoms with Crippen molar-refractivity contribution in [2.75, 3.05) is 19.3 Å². The van der Waals surface area contributed by atoms with Crippen LogP contribution in [0.2, 0.25) is 5.02 Å². The van der Waals surface area contributed by atoms with Gasteiger partial charge in [0.2, 0.25) is 5.91 Å². The predicted molar refractivity (Wildman–Crippen MR) is 123 cm³/mol. The molecule has 2 fully saturated rings. The molecule has 1 aromatic rings. The van der Waals surface area contributed by atoms with Crippen LogP contribution in [-0.2, 0) is 14.6 Å². The molecule has 3 rings (SSSR count). The highest BCUT2D eigenvalue weighted by Gasteiger charge is 2.44. The number of nitrogens with one attached hydrogen (secondary N) is 1. The van der Waals surface area contributed by atoms with Crippen molar-refractivity contribution in [3.8, 4) is 0 Å². The van der Waals surface area contributed by atoms with Gasteiger partial charge in [-0.15, -0.1) is 0 Å². The first-order chi connectivity index (χ1) is 15.0.